The van der Waals surface area contributed by atoms with E-state index in [-0.39, 0.29) is 5.91 Å². The van der Waals surface area contributed by atoms with Gasteiger partial charge in [0.05, 0.1) is 6.42 Å². The second kappa shape index (κ2) is 5.73. The van der Waals surface area contributed by atoms with Crippen molar-refractivity contribution in [1.82, 2.24) is 4.90 Å². The van der Waals surface area contributed by atoms with E-state index in [1.54, 1.807) is 6.42 Å². The summed E-state index contributed by atoms with van der Waals surface area (Å²) in [6.45, 7) is 0. The van der Waals surface area contributed by atoms with Crippen LogP contribution in [-0.4, -0.2) is 23.9 Å². The van der Waals surface area contributed by atoms with Crippen LogP contribution in [0.2, 0.25) is 0 Å². The van der Waals surface area contributed by atoms with E-state index in [2.05, 4.69) is 0 Å². The van der Waals surface area contributed by atoms with Crippen LogP contribution in [0.5, 0.6) is 0 Å². The zero-order valence-corrected chi connectivity index (χ0v) is 9.24. The van der Waals surface area contributed by atoms with E-state index < -0.39 is 6.03 Å². The van der Waals surface area contributed by atoms with Gasteiger partial charge in [0, 0.05) is 7.05 Å². The summed E-state index contributed by atoms with van der Waals surface area (Å²) in [6, 6.07) is -0.695. The molecule has 4 nitrogen and oxygen atoms in total. The molecule has 1 radical (unpaired) electrons. The summed E-state index contributed by atoms with van der Waals surface area (Å²) >= 11 is 0. The van der Waals surface area contributed by atoms with Crippen molar-refractivity contribution in [1.29, 1.82) is 0 Å². The molecule has 0 aliphatic heterocycles. The first-order valence-electron chi connectivity index (χ1n) is 5.51. The van der Waals surface area contributed by atoms with Crippen molar-refractivity contribution in [2.45, 2.75) is 38.5 Å². The van der Waals surface area contributed by atoms with Crippen LogP contribution in [0.25, 0.3) is 0 Å². The number of rotatable bonds is 3. The van der Waals surface area contributed by atoms with Gasteiger partial charge in [0.2, 0.25) is 5.91 Å². The van der Waals surface area contributed by atoms with Crippen molar-refractivity contribution in [3.8, 4) is 0 Å². The van der Waals surface area contributed by atoms with Gasteiger partial charge in [-0.25, -0.2) is 4.79 Å². The van der Waals surface area contributed by atoms with E-state index in [0.717, 1.165) is 11.3 Å². The third-order valence-corrected chi connectivity index (χ3v) is 3.01. The lowest BCUT2D eigenvalue weighted by molar-refractivity contribution is -0.123. The molecule has 4 heteroatoms. The Morgan fingerprint density at radius 3 is 2.47 bits per heavy atom. The van der Waals surface area contributed by atoms with Crippen molar-refractivity contribution in [3.05, 3.63) is 6.42 Å². The molecule has 0 spiro atoms. The van der Waals surface area contributed by atoms with Gasteiger partial charge in [-0.15, -0.1) is 0 Å². The van der Waals surface area contributed by atoms with Crippen LogP contribution in [0.1, 0.15) is 38.5 Å². The smallest absolute Gasteiger partial charge is 0.321 e. The van der Waals surface area contributed by atoms with Crippen LogP contribution in [0.4, 0.5) is 4.79 Å². The van der Waals surface area contributed by atoms with Gasteiger partial charge in [-0.2, -0.15) is 0 Å². The normalized spacial score (nSPS) is 17.4. The number of urea groups is 1. The first-order chi connectivity index (χ1) is 7.11. The van der Waals surface area contributed by atoms with Crippen molar-refractivity contribution >= 4 is 11.9 Å². The van der Waals surface area contributed by atoms with E-state index in [9.17, 15) is 9.59 Å². The summed E-state index contributed by atoms with van der Waals surface area (Å²) in [6.07, 6.45) is 8.59. The molecule has 0 aromatic heterocycles. The number of imide groups is 1. The molecule has 85 valence electrons. The van der Waals surface area contributed by atoms with Crippen molar-refractivity contribution in [2.24, 2.45) is 11.7 Å². The number of primary amides is 1. The third-order valence-electron chi connectivity index (χ3n) is 3.01. The summed E-state index contributed by atoms with van der Waals surface area (Å²) in [7, 11) is 1.40. The Kier molecular flexibility index (Phi) is 4.59. The Bertz CT molecular complexity index is 235. The Morgan fingerprint density at radius 1 is 1.33 bits per heavy atom. The maximum absolute atomic E-state index is 11.4. The fourth-order valence-electron chi connectivity index (χ4n) is 1.94. The average Bonchev–Trinajstić information content (AvgIpc) is 2.26. The molecule has 0 unspecified atom stereocenters. The van der Waals surface area contributed by atoms with Crippen molar-refractivity contribution in [3.63, 3.8) is 0 Å². The van der Waals surface area contributed by atoms with Crippen LogP contribution in [0.3, 0.4) is 0 Å². The fraction of sp³-hybridized carbons (Fsp3) is 0.727. The monoisotopic (exact) mass is 211 g/mol. The Morgan fingerprint density at radius 2 is 1.93 bits per heavy atom. The SMILES string of the molecule is CN(C(N)=O)C(=O)[CH]CC1CCCCC1. The standard InChI is InChI=1S/C11H19N2O2/c1-13(11(12)15)10(14)8-7-9-5-3-2-4-6-9/h8-9H,2-7H2,1H3,(H2,12,15). The van der Waals surface area contributed by atoms with Gasteiger partial charge in [-0.1, -0.05) is 32.1 Å². The quantitative estimate of drug-likeness (QED) is 0.772. The molecule has 0 atom stereocenters. The van der Waals surface area contributed by atoms with Crippen molar-refractivity contribution < 1.29 is 9.59 Å². The maximum atomic E-state index is 11.4. The highest BCUT2D eigenvalue weighted by Crippen LogP contribution is 2.27. The molecule has 1 fully saturated rings. The lowest BCUT2D eigenvalue weighted by Crippen LogP contribution is -2.37. The number of amides is 3. The van der Waals surface area contributed by atoms with Crippen LogP contribution >= 0.6 is 0 Å². The van der Waals surface area contributed by atoms with E-state index in [4.69, 9.17) is 5.73 Å². The average molecular weight is 211 g/mol. The first kappa shape index (κ1) is 12.0. The van der Waals surface area contributed by atoms with Crippen LogP contribution in [-0.2, 0) is 4.79 Å². The molecule has 0 aromatic carbocycles. The van der Waals surface area contributed by atoms with Gasteiger partial charge < -0.3 is 5.73 Å². The number of nitrogens with zero attached hydrogens (tertiary/aromatic N) is 1. The molecule has 1 saturated carbocycles. The second-order valence-corrected chi connectivity index (χ2v) is 4.18. The Labute approximate surface area is 90.8 Å². The molecule has 0 aromatic rings. The minimum atomic E-state index is -0.695. The van der Waals surface area contributed by atoms with E-state index in [1.165, 1.54) is 39.2 Å². The van der Waals surface area contributed by atoms with E-state index >= 15 is 0 Å². The summed E-state index contributed by atoms with van der Waals surface area (Å²) in [5, 5.41) is 0. The van der Waals surface area contributed by atoms with E-state index in [0.29, 0.717) is 5.92 Å². The lowest BCUT2D eigenvalue weighted by atomic mass is 9.86. The number of hydrogen-bond donors (Lipinski definition) is 1. The summed E-state index contributed by atoms with van der Waals surface area (Å²) in [4.78, 5) is 23.0. The molecule has 0 heterocycles. The lowest BCUT2D eigenvalue weighted by Gasteiger charge is -2.21. The minimum Gasteiger partial charge on any atom is -0.351 e. The van der Waals surface area contributed by atoms with Crippen LogP contribution < -0.4 is 5.73 Å². The number of nitrogens with two attached hydrogens (primary N) is 1. The largest absolute Gasteiger partial charge is 0.351 e. The summed E-state index contributed by atoms with van der Waals surface area (Å²) in [5.41, 5.74) is 4.99. The highest BCUT2D eigenvalue weighted by molar-refractivity contribution is 5.97. The predicted octanol–water partition coefficient (Wildman–Crippen LogP) is 1.70. The van der Waals surface area contributed by atoms with Gasteiger partial charge >= 0.3 is 6.03 Å². The Hall–Kier alpha value is -1.06. The molecule has 1 aliphatic carbocycles. The molecule has 2 N–H and O–H groups in total. The predicted molar refractivity (Wildman–Crippen MR) is 57.8 cm³/mol. The molecular weight excluding hydrogens is 192 g/mol. The molecule has 0 saturated heterocycles. The van der Waals surface area contributed by atoms with Gasteiger partial charge in [0.1, 0.15) is 0 Å². The van der Waals surface area contributed by atoms with Gasteiger partial charge in [-0.05, 0) is 12.3 Å². The van der Waals surface area contributed by atoms with Crippen LogP contribution in [0.15, 0.2) is 0 Å². The first-order valence-corrected chi connectivity index (χ1v) is 5.51. The maximum Gasteiger partial charge on any atom is 0.321 e. The molecule has 1 aliphatic rings. The zero-order valence-electron chi connectivity index (χ0n) is 9.24. The minimum absolute atomic E-state index is 0.284. The fourth-order valence-corrected chi connectivity index (χ4v) is 1.94. The van der Waals surface area contributed by atoms with E-state index in [1.807, 2.05) is 0 Å². The number of carbonyl (C=O) groups excluding carboxylic acids is 2. The molecule has 3 amide bonds. The van der Waals surface area contributed by atoms with Gasteiger partial charge in [-0.3, -0.25) is 9.69 Å². The number of hydrogen-bond acceptors (Lipinski definition) is 2. The third kappa shape index (κ3) is 3.90. The molecule has 15 heavy (non-hydrogen) atoms. The van der Waals surface area contributed by atoms with Crippen LogP contribution in [0, 0.1) is 12.3 Å². The topological polar surface area (TPSA) is 63.4 Å². The molecule has 1 rings (SSSR count). The Balaban J connectivity index is 2.23. The van der Waals surface area contributed by atoms with Gasteiger partial charge in [0.15, 0.2) is 0 Å². The summed E-state index contributed by atoms with van der Waals surface area (Å²) in [5.74, 6) is 0.331. The molecule has 0 bridgehead atoms. The highest BCUT2D eigenvalue weighted by atomic mass is 16.2. The summed E-state index contributed by atoms with van der Waals surface area (Å²) < 4.78 is 0. The molecular formula is C11H19N2O2. The van der Waals surface area contributed by atoms with Crippen molar-refractivity contribution in [2.75, 3.05) is 7.05 Å². The highest BCUT2D eigenvalue weighted by Gasteiger charge is 2.18. The second-order valence-electron chi connectivity index (χ2n) is 4.18. The number of carbonyl (C=O) groups is 2. The van der Waals surface area contributed by atoms with Gasteiger partial charge in [0.25, 0.3) is 0 Å². The zero-order chi connectivity index (χ0) is 11.3.